The number of fused-ring (bicyclic) bond motifs is 1. The third-order valence-electron chi connectivity index (χ3n) is 5.50. The van der Waals surface area contributed by atoms with Crippen molar-refractivity contribution in [3.8, 4) is 0 Å². The van der Waals surface area contributed by atoms with Gasteiger partial charge in [0.25, 0.3) is 0 Å². The van der Waals surface area contributed by atoms with E-state index in [4.69, 9.17) is 0 Å². The highest BCUT2D eigenvalue weighted by molar-refractivity contribution is 7.15. The molecular weight excluding hydrogens is 352 g/mol. The summed E-state index contributed by atoms with van der Waals surface area (Å²) in [5.41, 5.74) is 1.27. The van der Waals surface area contributed by atoms with Crippen LogP contribution in [-0.2, 0) is 11.2 Å². The van der Waals surface area contributed by atoms with E-state index in [2.05, 4.69) is 52.8 Å². The molecule has 0 unspecified atom stereocenters. The Morgan fingerprint density at radius 1 is 1.07 bits per heavy atom. The molecule has 1 aliphatic rings. The summed E-state index contributed by atoms with van der Waals surface area (Å²) in [6, 6.07) is 15.0. The van der Waals surface area contributed by atoms with Crippen molar-refractivity contribution >= 4 is 33.1 Å². The van der Waals surface area contributed by atoms with Crippen molar-refractivity contribution in [1.29, 1.82) is 0 Å². The average Bonchev–Trinajstić information content (AvgIpc) is 3.14. The van der Waals surface area contributed by atoms with E-state index in [1.807, 2.05) is 6.20 Å². The summed E-state index contributed by atoms with van der Waals surface area (Å²) in [5.74, 6) is 0.844. The molecule has 3 aromatic rings. The Morgan fingerprint density at radius 2 is 1.89 bits per heavy atom. The fourth-order valence-corrected chi connectivity index (χ4v) is 4.85. The molecule has 0 spiro atoms. The smallest absolute Gasteiger partial charge is 0.226 e. The van der Waals surface area contributed by atoms with Gasteiger partial charge in [0.2, 0.25) is 5.91 Å². The van der Waals surface area contributed by atoms with Crippen molar-refractivity contribution in [2.24, 2.45) is 5.92 Å². The molecule has 1 amide bonds. The number of hydrogen-bond acceptors (Lipinski definition) is 3. The van der Waals surface area contributed by atoms with E-state index in [0.717, 1.165) is 23.9 Å². The van der Waals surface area contributed by atoms with E-state index >= 15 is 0 Å². The van der Waals surface area contributed by atoms with Gasteiger partial charge in [-0.3, -0.25) is 4.79 Å². The van der Waals surface area contributed by atoms with Gasteiger partial charge in [0.1, 0.15) is 0 Å². The lowest BCUT2D eigenvalue weighted by Gasteiger charge is -2.20. The molecule has 1 aliphatic carbocycles. The van der Waals surface area contributed by atoms with Gasteiger partial charge in [-0.15, -0.1) is 11.3 Å². The van der Waals surface area contributed by atoms with Crippen LogP contribution in [-0.4, -0.2) is 10.9 Å². The van der Waals surface area contributed by atoms with E-state index in [9.17, 15) is 4.79 Å². The molecule has 4 rings (SSSR count). The van der Waals surface area contributed by atoms with Gasteiger partial charge in [0.05, 0.1) is 0 Å². The van der Waals surface area contributed by atoms with Crippen LogP contribution in [0.15, 0.2) is 48.7 Å². The molecule has 1 fully saturated rings. The number of hydrogen-bond donors (Lipinski definition) is 1. The highest BCUT2D eigenvalue weighted by atomic mass is 32.1. The van der Waals surface area contributed by atoms with Gasteiger partial charge in [-0.1, -0.05) is 74.6 Å². The van der Waals surface area contributed by atoms with Crippen molar-refractivity contribution in [3.63, 3.8) is 0 Å². The van der Waals surface area contributed by atoms with E-state index in [0.29, 0.717) is 6.42 Å². The van der Waals surface area contributed by atoms with Gasteiger partial charge in [0.15, 0.2) is 5.13 Å². The van der Waals surface area contributed by atoms with Crippen LogP contribution in [0.4, 0.5) is 5.13 Å². The standard InChI is InChI=1S/C23H26N2OS/c26-22(13-11-17-6-2-1-3-7-17)25-23-24-16-21(27-23)15-18-10-12-19-8-4-5-9-20(19)14-18/h4-5,8-10,12,14,16-17H,1-3,6-7,11,13,15H2,(H,24,25,26). The first-order valence-corrected chi connectivity index (χ1v) is 10.8. The molecule has 1 N–H and O–H groups in total. The molecule has 0 aliphatic heterocycles. The average molecular weight is 379 g/mol. The number of carbonyl (C=O) groups is 1. The Hall–Kier alpha value is -2.20. The van der Waals surface area contributed by atoms with E-state index < -0.39 is 0 Å². The summed E-state index contributed by atoms with van der Waals surface area (Å²) < 4.78 is 0. The van der Waals surface area contributed by atoms with E-state index in [1.165, 1.54) is 53.3 Å². The number of aromatic nitrogens is 1. The van der Waals surface area contributed by atoms with Gasteiger partial charge >= 0.3 is 0 Å². The van der Waals surface area contributed by atoms with Gasteiger partial charge in [-0.25, -0.2) is 4.98 Å². The third-order valence-corrected chi connectivity index (χ3v) is 6.41. The van der Waals surface area contributed by atoms with Crippen LogP contribution in [0, 0.1) is 5.92 Å². The summed E-state index contributed by atoms with van der Waals surface area (Å²) in [6.45, 7) is 0. The van der Waals surface area contributed by atoms with Crippen LogP contribution in [0.5, 0.6) is 0 Å². The fourth-order valence-electron chi connectivity index (χ4n) is 3.99. The molecule has 3 nitrogen and oxygen atoms in total. The van der Waals surface area contributed by atoms with Crippen LogP contribution < -0.4 is 5.32 Å². The highest BCUT2D eigenvalue weighted by Crippen LogP contribution is 2.28. The van der Waals surface area contributed by atoms with Crippen molar-refractivity contribution in [1.82, 2.24) is 4.98 Å². The number of amides is 1. The second-order valence-corrected chi connectivity index (χ2v) is 8.70. The Bertz CT molecular complexity index is 911. The number of benzene rings is 2. The van der Waals surface area contributed by atoms with Crippen LogP contribution in [0.3, 0.4) is 0 Å². The van der Waals surface area contributed by atoms with Gasteiger partial charge < -0.3 is 5.32 Å². The minimum absolute atomic E-state index is 0.104. The number of anilines is 1. The first-order valence-electron chi connectivity index (χ1n) is 9.98. The van der Waals surface area contributed by atoms with Crippen molar-refractivity contribution in [2.75, 3.05) is 5.32 Å². The van der Waals surface area contributed by atoms with Crippen molar-refractivity contribution in [2.45, 2.75) is 51.4 Å². The zero-order valence-corrected chi connectivity index (χ0v) is 16.4. The molecule has 4 heteroatoms. The summed E-state index contributed by atoms with van der Waals surface area (Å²) in [4.78, 5) is 17.8. The quantitative estimate of drug-likeness (QED) is 0.556. The maximum Gasteiger partial charge on any atom is 0.226 e. The molecule has 0 bridgehead atoms. The largest absolute Gasteiger partial charge is 0.302 e. The number of carbonyl (C=O) groups excluding carboxylic acids is 1. The summed E-state index contributed by atoms with van der Waals surface area (Å²) in [7, 11) is 0. The second-order valence-electron chi connectivity index (χ2n) is 7.58. The number of rotatable bonds is 6. The monoisotopic (exact) mass is 378 g/mol. The zero-order valence-electron chi connectivity index (χ0n) is 15.6. The lowest BCUT2D eigenvalue weighted by atomic mass is 9.86. The fraction of sp³-hybridized carbons (Fsp3) is 0.391. The predicted molar refractivity (Wildman–Crippen MR) is 113 cm³/mol. The minimum atomic E-state index is 0.104. The minimum Gasteiger partial charge on any atom is -0.302 e. The lowest BCUT2D eigenvalue weighted by molar-refractivity contribution is -0.116. The Labute approximate surface area is 164 Å². The Balaban J connectivity index is 1.31. The number of thiazole rings is 1. The summed E-state index contributed by atoms with van der Waals surface area (Å²) >= 11 is 1.58. The predicted octanol–water partition coefficient (Wildman–Crippen LogP) is 6.19. The molecule has 1 heterocycles. The van der Waals surface area contributed by atoms with Gasteiger partial charge in [-0.05, 0) is 28.7 Å². The second kappa shape index (κ2) is 8.66. The molecular formula is C23H26N2OS. The van der Waals surface area contributed by atoms with Crippen molar-refractivity contribution < 1.29 is 4.79 Å². The molecule has 1 aromatic heterocycles. The van der Waals surface area contributed by atoms with Crippen LogP contribution in [0.25, 0.3) is 10.8 Å². The van der Waals surface area contributed by atoms with Gasteiger partial charge in [-0.2, -0.15) is 0 Å². The summed E-state index contributed by atoms with van der Waals surface area (Å²) in [6.07, 6.45) is 11.0. The normalized spacial score (nSPS) is 15.1. The first kappa shape index (κ1) is 18.2. The number of nitrogens with zero attached hydrogens (tertiary/aromatic N) is 1. The molecule has 27 heavy (non-hydrogen) atoms. The maximum atomic E-state index is 12.2. The highest BCUT2D eigenvalue weighted by Gasteiger charge is 2.15. The van der Waals surface area contributed by atoms with E-state index in [1.54, 1.807) is 11.3 Å². The number of nitrogens with one attached hydrogen (secondary N) is 1. The molecule has 140 valence electrons. The molecule has 0 radical (unpaired) electrons. The molecule has 0 saturated heterocycles. The van der Waals surface area contributed by atoms with Crippen LogP contribution >= 0.6 is 11.3 Å². The molecule has 1 saturated carbocycles. The van der Waals surface area contributed by atoms with E-state index in [-0.39, 0.29) is 5.91 Å². The Kier molecular flexibility index (Phi) is 5.83. The van der Waals surface area contributed by atoms with Crippen LogP contribution in [0.2, 0.25) is 0 Å². The third kappa shape index (κ3) is 4.95. The van der Waals surface area contributed by atoms with Crippen LogP contribution in [0.1, 0.15) is 55.4 Å². The first-order chi connectivity index (χ1) is 13.3. The SMILES string of the molecule is O=C(CCC1CCCCC1)Nc1ncc(Cc2ccc3ccccc3c2)s1. The summed E-state index contributed by atoms with van der Waals surface area (Å²) in [5, 5.41) is 6.23. The molecule has 2 aromatic carbocycles. The lowest BCUT2D eigenvalue weighted by Crippen LogP contribution is -2.14. The molecule has 0 atom stereocenters. The van der Waals surface area contributed by atoms with Crippen molar-refractivity contribution in [3.05, 3.63) is 59.1 Å². The zero-order chi connectivity index (χ0) is 18.5. The topological polar surface area (TPSA) is 42.0 Å². The Morgan fingerprint density at radius 3 is 2.74 bits per heavy atom. The van der Waals surface area contributed by atoms with Gasteiger partial charge in [0, 0.05) is 23.9 Å². The maximum absolute atomic E-state index is 12.2.